The summed E-state index contributed by atoms with van der Waals surface area (Å²) in [5.74, 6) is 0.531. The molecule has 180 valence electrons. The molecule has 0 spiro atoms. The molecule has 3 aromatic heterocycles. The van der Waals surface area contributed by atoms with Gasteiger partial charge >= 0.3 is 5.69 Å². The number of hydrogen-bond acceptors (Lipinski definition) is 7. The van der Waals surface area contributed by atoms with Gasteiger partial charge in [-0.1, -0.05) is 11.6 Å². The molecular weight excluding hydrogens is 446 g/mol. The Hall–Kier alpha value is -2.85. The Labute approximate surface area is 198 Å². The van der Waals surface area contributed by atoms with E-state index < -0.39 is 0 Å². The highest BCUT2D eigenvalue weighted by atomic mass is 35.5. The second-order valence-corrected chi connectivity index (χ2v) is 9.09. The fourth-order valence-corrected chi connectivity index (χ4v) is 4.63. The summed E-state index contributed by atoms with van der Waals surface area (Å²) >= 11 is 6.44. The minimum absolute atomic E-state index is 0.0141. The third kappa shape index (κ3) is 4.63. The molecule has 11 heteroatoms. The maximum Gasteiger partial charge on any atom is 0.330 e. The van der Waals surface area contributed by atoms with Gasteiger partial charge in [0.1, 0.15) is 5.52 Å². The van der Waals surface area contributed by atoms with E-state index in [1.807, 2.05) is 6.92 Å². The first-order valence-electron chi connectivity index (χ1n) is 10.9. The first kappa shape index (κ1) is 24.8. The number of ether oxygens (including phenoxy) is 1. The number of aromatic nitrogens is 5. The van der Waals surface area contributed by atoms with Crippen LogP contribution in [0.25, 0.3) is 11.2 Å². The lowest BCUT2D eigenvalue weighted by atomic mass is 10.1. The van der Waals surface area contributed by atoms with Gasteiger partial charge in [-0.2, -0.15) is 9.97 Å². The molecule has 0 bridgehead atoms. The Balaban J connectivity index is 2.15. The normalized spacial score (nSPS) is 12.0. The third-order valence-electron chi connectivity index (χ3n) is 6.04. The number of imidazole rings is 1. The summed E-state index contributed by atoms with van der Waals surface area (Å²) in [7, 11) is 1.54. The summed E-state index contributed by atoms with van der Waals surface area (Å²) in [6, 6.07) is 0.637. The lowest BCUT2D eigenvalue weighted by Crippen LogP contribution is -2.40. The van der Waals surface area contributed by atoms with Crippen LogP contribution in [0, 0.1) is 13.8 Å². The van der Waals surface area contributed by atoms with Crippen molar-refractivity contribution >= 4 is 28.7 Å². The van der Waals surface area contributed by atoms with E-state index in [1.165, 1.54) is 4.57 Å². The molecule has 3 aromatic rings. The lowest BCUT2D eigenvalue weighted by molar-refractivity contribution is -0.909. The van der Waals surface area contributed by atoms with Crippen molar-refractivity contribution in [3.63, 3.8) is 0 Å². The predicted molar refractivity (Wildman–Crippen MR) is 127 cm³/mol. The second kappa shape index (κ2) is 9.56. The molecule has 0 aliphatic carbocycles. The minimum Gasteiger partial charge on any atom is -0.490 e. The number of nitrogens with zero attached hydrogens (tertiary/aromatic N) is 6. The molecule has 3 heterocycles. The van der Waals surface area contributed by atoms with Crippen molar-refractivity contribution in [2.45, 2.75) is 66.7 Å². The summed E-state index contributed by atoms with van der Waals surface area (Å²) in [5.41, 5.74) is 8.45. The van der Waals surface area contributed by atoms with E-state index in [0.717, 1.165) is 10.3 Å². The van der Waals surface area contributed by atoms with E-state index in [1.54, 1.807) is 24.8 Å². The number of fused-ring (bicyclic) bond motifs is 1. The number of rotatable bonds is 8. The minimum atomic E-state index is -0.275. The van der Waals surface area contributed by atoms with Gasteiger partial charge in [-0.15, -0.1) is 0 Å². The summed E-state index contributed by atoms with van der Waals surface area (Å²) in [4.78, 5) is 24.3. The van der Waals surface area contributed by atoms with E-state index in [4.69, 9.17) is 22.1 Å². The maximum atomic E-state index is 13.6. The van der Waals surface area contributed by atoms with E-state index in [-0.39, 0.29) is 23.3 Å². The Morgan fingerprint density at radius 3 is 2.42 bits per heavy atom. The Morgan fingerprint density at radius 2 is 1.85 bits per heavy atom. The number of hydrogen-bond donors (Lipinski definition) is 2. The van der Waals surface area contributed by atoms with Crippen LogP contribution in [0.15, 0.2) is 11.0 Å². The third-order valence-corrected chi connectivity index (χ3v) is 6.30. The molecular formula is C22H33ClN7O3+. The number of nitrogen functional groups attached to an aromatic ring is 1. The number of methoxy groups -OCH3 is 1. The van der Waals surface area contributed by atoms with Crippen molar-refractivity contribution in [2.75, 3.05) is 19.4 Å². The van der Waals surface area contributed by atoms with Crippen molar-refractivity contribution < 1.29 is 14.7 Å². The molecule has 0 atom stereocenters. The molecule has 0 saturated carbocycles. The highest BCUT2D eigenvalue weighted by Crippen LogP contribution is 2.25. The molecule has 3 N–H and O–H groups in total. The van der Waals surface area contributed by atoms with Gasteiger partial charge < -0.3 is 10.5 Å². The lowest BCUT2D eigenvalue weighted by Gasteiger charge is -2.30. The molecule has 0 saturated heterocycles. The van der Waals surface area contributed by atoms with Gasteiger partial charge in [0.05, 0.1) is 13.7 Å². The Bertz CT molecular complexity index is 1230. The van der Waals surface area contributed by atoms with Crippen molar-refractivity contribution in [2.24, 2.45) is 0 Å². The largest absolute Gasteiger partial charge is 0.490 e. The van der Waals surface area contributed by atoms with Crippen LogP contribution >= 0.6 is 11.6 Å². The molecule has 0 amide bonds. The molecule has 3 rings (SSSR count). The summed E-state index contributed by atoms with van der Waals surface area (Å²) in [5, 5.41) is 10.4. The first-order chi connectivity index (χ1) is 15.5. The number of anilines is 1. The fourth-order valence-electron chi connectivity index (χ4n) is 4.36. The van der Waals surface area contributed by atoms with Crippen LogP contribution in [-0.2, 0) is 13.1 Å². The predicted octanol–water partition coefficient (Wildman–Crippen LogP) is 2.15. The van der Waals surface area contributed by atoms with E-state index in [2.05, 4.69) is 42.6 Å². The highest BCUT2D eigenvalue weighted by molar-refractivity contribution is 6.33. The van der Waals surface area contributed by atoms with Crippen LogP contribution in [0.5, 0.6) is 5.75 Å². The number of nitrogens with two attached hydrogens (primary N) is 1. The molecule has 0 aromatic carbocycles. The number of pyridine rings is 1. The van der Waals surface area contributed by atoms with Gasteiger partial charge in [0.25, 0.3) is 5.69 Å². The summed E-state index contributed by atoms with van der Waals surface area (Å²) in [6.45, 7) is 13.4. The first-order valence-corrected chi connectivity index (χ1v) is 11.3. The molecule has 0 fully saturated rings. The Morgan fingerprint density at radius 1 is 1.21 bits per heavy atom. The van der Waals surface area contributed by atoms with Gasteiger partial charge in [0, 0.05) is 48.0 Å². The van der Waals surface area contributed by atoms with Crippen LogP contribution in [0.4, 0.5) is 5.95 Å². The van der Waals surface area contributed by atoms with Crippen molar-refractivity contribution in [1.29, 1.82) is 0 Å². The zero-order valence-electron chi connectivity index (χ0n) is 20.3. The van der Waals surface area contributed by atoms with Gasteiger partial charge in [-0.05, 0) is 34.6 Å². The van der Waals surface area contributed by atoms with Crippen molar-refractivity contribution in [1.82, 2.24) is 24.0 Å². The quantitative estimate of drug-likeness (QED) is 0.289. The zero-order chi connectivity index (χ0) is 24.6. The van der Waals surface area contributed by atoms with Crippen LogP contribution in [0.1, 0.15) is 44.5 Å². The van der Waals surface area contributed by atoms with Gasteiger partial charge in [-0.25, -0.2) is 4.79 Å². The molecule has 0 unspecified atom stereocenters. The highest BCUT2D eigenvalue weighted by Gasteiger charge is 2.25. The monoisotopic (exact) mass is 478 g/mol. The van der Waals surface area contributed by atoms with Crippen molar-refractivity contribution in [3.8, 4) is 5.75 Å². The molecule has 0 aliphatic heterocycles. The van der Waals surface area contributed by atoms with E-state index in [0.29, 0.717) is 53.3 Å². The molecule has 33 heavy (non-hydrogen) atoms. The van der Waals surface area contributed by atoms with Crippen LogP contribution in [0.2, 0.25) is 5.15 Å². The van der Waals surface area contributed by atoms with E-state index >= 15 is 0 Å². The summed E-state index contributed by atoms with van der Waals surface area (Å²) in [6.07, 6.45) is 1.56. The second-order valence-electron chi connectivity index (χ2n) is 8.73. The van der Waals surface area contributed by atoms with Gasteiger partial charge in [-0.3, -0.25) is 19.2 Å². The molecule has 10 nitrogen and oxygen atoms in total. The average molecular weight is 479 g/mol. The standard InChI is InChI=1S/C22H33ClN7O3/c1-12(2)27(13(3)4)8-9-28-17-19(23)25-21(24)26-20(17)29(22(28)31)10-16-11-30(32)15(6)18(33-7)14(16)5/h11-13,32H,8-10H2,1-7H3,(H2,24,25,26)/q+1. The van der Waals surface area contributed by atoms with Crippen LogP contribution < -0.4 is 20.9 Å². The van der Waals surface area contributed by atoms with Crippen LogP contribution in [0.3, 0.4) is 0 Å². The summed E-state index contributed by atoms with van der Waals surface area (Å²) < 4.78 is 9.56. The smallest absolute Gasteiger partial charge is 0.330 e. The SMILES string of the molecule is COc1c(C)c(Cn2c(=O)n(CCN(C(C)C)C(C)C)c3c(Cl)nc(N)nc32)c[n+](O)c1C. The van der Waals surface area contributed by atoms with Gasteiger partial charge in [0.15, 0.2) is 16.5 Å². The fraction of sp³-hybridized carbons (Fsp3) is 0.545. The molecule has 0 radical (unpaired) electrons. The van der Waals surface area contributed by atoms with Gasteiger partial charge in [0.2, 0.25) is 12.1 Å². The van der Waals surface area contributed by atoms with E-state index in [9.17, 15) is 10.0 Å². The maximum absolute atomic E-state index is 13.6. The Kier molecular flexibility index (Phi) is 7.18. The topological polar surface area (TPSA) is 115 Å². The van der Waals surface area contributed by atoms with Crippen LogP contribution in [-0.4, -0.2) is 54.9 Å². The zero-order valence-corrected chi connectivity index (χ0v) is 21.0. The number of halogens is 1. The van der Waals surface area contributed by atoms with Crippen molar-refractivity contribution in [3.05, 3.63) is 38.7 Å². The molecule has 0 aliphatic rings. The average Bonchev–Trinajstić information content (AvgIpc) is 2.97.